The summed E-state index contributed by atoms with van der Waals surface area (Å²) in [6.45, 7) is 2.75. The summed E-state index contributed by atoms with van der Waals surface area (Å²) in [4.78, 5) is 22.0. The van der Waals surface area contributed by atoms with Crippen LogP contribution in [-0.2, 0) is 19.6 Å². The fourth-order valence-corrected chi connectivity index (χ4v) is 4.92. The fraction of sp³-hybridized carbons (Fsp3) is 0.440. The second-order valence-corrected chi connectivity index (χ2v) is 9.17. The molecular weight excluding hydrogens is 443 g/mol. The summed E-state index contributed by atoms with van der Waals surface area (Å²) < 4.78 is 40.4. The van der Waals surface area contributed by atoms with E-state index in [0.717, 1.165) is 35.2 Å². The summed E-state index contributed by atoms with van der Waals surface area (Å²) in [6.07, 6.45) is -3.17. The summed E-state index contributed by atoms with van der Waals surface area (Å²) >= 11 is 0. The predicted octanol–water partition coefficient (Wildman–Crippen LogP) is 5.50. The van der Waals surface area contributed by atoms with Crippen LogP contribution < -0.4 is 10.6 Å². The third kappa shape index (κ3) is 4.24. The SMILES string of the molecule is CC1c2ccccc2N(Cc2nc3cc(CN)ccc3n2CCCC(F)(F)F)C(=O)N1C1CC1. The van der Waals surface area contributed by atoms with Gasteiger partial charge >= 0.3 is 12.2 Å². The number of aromatic nitrogens is 2. The second-order valence-electron chi connectivity index (χ2n) is 9.17. The van der Waals surface area contributed by atoms with Crippen LogP contribution in [-0.4, -0.2) is 32.7 Å². The maximum absolute atomic E-state index is 13.6. The van der Waals surface area contributed by atoms with Gasteiger partial charge in [0.05, 0.1) is 29.3 Å². The van der Waals surface area contributed by atoms with E-state index in [0.29, 0.717) is 17.9 Å². The molecule has 1 unspecified atom stereocenters. The Morgan fingerprint density at radius 1 is 1.15 bits per heavy atom. The van der Waals surface area contributed by atoms with E-state index in [1.54, 1.807) is 4.90 Å². The van der Waals surface area contributed by atoms with Crippen molar-refractivity contribution in [3.8, 4) is 0 Å². The fourth-order valence-electron chi connectivity index (χ4n) is 4.92. The first-order valence-corrected chi connectivity index (χ1v) is 11.7. The van der Waals surface area contributed by atoms with Crippen LogP contribution in [0.1, 0.15) is 55.6 Å². The van der Waals surface area contributed by atoms with E-state index in [-0.39, 0.29) is 37.6 Å². The van der Waals surface area contributed by atoms with Crippen molar-refractivity contribution in [3.05, 3.63) is 59.4 Å². The molecule has 1 fully saturated rings. The van der Waals surface area contributed by atoms with Gasteiger partial charge in [0.2, 0.25) is 0 Å². The Hall–Kier alpha value is -3.07. The van der Waals surface area contributed by atoms with E-state index in [2.05, 4.69) is 0 Å². The average Bonchev–Trinajstić information content (AvgIpc) is 3.58. The van der Waals surface area contributed by atoms with Crippen molar-refractivity contribution in [3.63, 3.8) is 0 Å². The molecule has 2 aromatic carbocycles. The van der Waals surface area contributed by atoms with E-state index in [4.69, 9.17) is 10.7 Å². The zero-order chi connectivity index (χ0) is 24.0. The Labute approximate surface area is 196 Å². The van der Waals surface area contributed by atoms with Gasteiger partial charge in [-0.3, -0.25) is 4.90 Å². The van der Waals surface area contributed by atoms with Gasteiger partial charge in [-0.1, -0.05) is 24.3 Å². The number of carbonyl (C=O) groups excluding carboxylic acids is 1. The lowest BCUT2D eigenvalue weighted by Gasteiger charge is -2.41. The van der Waals surface area contributed by atoms with Crippen molar-refractivity contribution in [2.75, 3.05) is 4.90 Å². The van der Waals surface area contributed by atoms with Gasteiger partial charge in [-0.15, -0.1) is 0 Å². The average molecular weight is 472 g/mol. The third-order valence-electron chi connectivity index (χ3n) is 6.76. The largest absolute Gasteiger partial charge is 0.389 e. The van der Waals surface area contributed by atoms with E-state index < -0.39 is 12.6 Å². The number of imidazole rings is 1. The number of nitrogens with two attached hydrogens (primary N) is 1. The highest BCUT2D eigenvalue weighted by atomic mass is 19.4. The summed E-state index contributed by atoms with van der Waals surface area (Å²) in [5.74, 6) is 0.569. The van der Waals surface area contributed by atoms with Crippen LogP contribution in [0.5, 0.6) is 0 Å². The molecule has 2 N–H and O–H groups in total. The molecule has 2 amide bonds. The number of urea groups is 1. The monoisotopic (exact) mass is 471 g/mol. The van der Waals surface area contributed by atoms with E-state index >= 15 is 0 Å². The molecule has 0 bridgehead atoms. The number of halogens is 3. The quantitative estimate of drug-likeness (QED) is 0.495. The van der Waals surface area contributed by atoms with Gasteiger partial charge in [0, 0.05) is 25.6 Å². The smallest absolute Gasteiger partial charge is 0.326 e. The first-order chi connectivity index (χ1) is 16.3. The molecular formula is C25H28F3N5O. The van der Waals surface area contributed by atoms with Gasteiger partial charge in [-0.25, -0.2) is 9.78 Å². The van der Waals surface area contributed by atoms with Crippen molar-refractivity contribution in [1.82, 2.24) is 14.5 Å². The minimum Gasteiger partial charge on any atom is -0.326 e. The summed E-state index contributed by atoms with van der Waals surface area (Å²) in [5.41, 5.74) is 10.00. The lowest BCUT2D eigenvalue weighted by atomic mass is 10.0. The highest BCUT2D eigenvalue weighted by molar-refractivity contribution is 5.96. The number of alkyl halides is 3. The standard InChI is InChI=1S/C25H28F3N5O/c1-16-19-5-2-3-6-21(19)32(24(34)33(16)18-8-9-18)15-23-30-20-13-17(14-29)7-10-22(20)31(23)12-4-11-25(26,27)28/h2-3,5-7,10,13,16,18H,4,8-9,11-12,14-15,29H2,1H3. The van der Waals surface area contributed by atoms with Gasteiger partial charge in [-0.05, 0) is 55.5 Å². The molecule has 0 spiro atoms. The number of aryl methyl sites for hydroxylation is 1. The van der Waals surface area contributed by atoms with Crippen molar-refractivity contribution >= 4 is 22.8 Å². The molecule has 0 saturated heterocycles. The number of amides is 2. The first-order valence-electron chi connectivity index (χ1n) is 11.7. The van der Waals surface area contributed by atoms with Crippen molar-refractivity contribution < 1.29 is 18.0 Å². The summed E-state index contributed by atoms with van der Waals surface area (Å²) in [6, 6.07) is 13.5. The molecule has 3 aromatic rings. The molecule has 5 rings (SSSR count). The summed E-state index contributed by atoms with van der Waals surface area (Å²) in [5, 5.41) is 0. The van der Waals surface area contributed by atoms with Crippen LogP contribution in [0.2, 0.25) is 0 Å². The maximum atomic E-state index is 13.6. The number of fused-ring (bicyclic) bond motifs is 2. The van der Waals surface area contributed by atoms with Crippen molar-refractivity contribution in [2.24, 2.45) is 5.73 Å². The van der Waals surface area contributed by atoms with Crippen LogP contribution in [0.3, 0.4) is 0 Å². The molecule has 1 saturated carbocycles. The number of benzene rings is 2. The van der Waals surface area contributed by atoms with Gasteiger partial charge in [0.15, 0.2) is 0 Å². The number of anilines is 1. The topological polar surface area (TPSA) is 67.4 Å². The zero-order valence-electron chi connectivity index (χ0n) is 19.1. The molecule has 1 aliphatic heterocycles. The minimum absolute atomic E-state index is 0.0230. The molecule has 1 aromatic heterocycles. The normalized spacial score (nSPS) is 18.6. The predicted molar refractivity (Wildman–Crippen MR) is 124 cm³/mol. The molecule has 1 aliphatic carbocycles. The highest BCUT2D eigenvalue weighted by Gasteiger charge is 2.43. The first kappa shape index (κ1) is 22.7. The lowest BCUT2D eigenvalue weighted by Crippen LogP contribution is -2.49. The number of para-hydroxylation sites is 1. The number of rotatable bonds is 7. The Kier molecular flexibility index (Phi) is 5.75. The van der Waals surface area contributed by atoms with Gasteiger partial charge in [0.25, 0.3) is 0 Å². The number of hydrogen-bond donors (Lipinski definition) is 1. The molecule has 180 valence electrons. The third-order valence-corrected chi connectivity index (χ3v) is 6.76. The Balaban J connectivity index is 1.53. The molecule has 34 heavy (non-hydrogen) atoms. The van der Waals surface area contributed by atoms with Crippen LogP contribution in [0.4, 0.5) is 23.7 Å². The lowest BCUT2D eigenvalue weighted by molar-refractivity contribution is -0.135. The van der Waals surface area contributed by atoms with E-state index in [9.17, 15) is 18.0 Å². The number of carbonyl (C=O) groups is 1. The summed E-state index contributed by atoms with van der Waals surface area (Å²) in [7, 11) is 0. The molecule has 9 heteroatoms. The van der Waals surface area contributed by atoms with Crippen LogP contribution in [0, 0.1) is 0 Å². The van der Waals surface area contributed by atoms with Crippen LogP contribution >= 0.6 is 0 Å². The van der Waals surface area contributed by atoms with Crippen LogP contribution in [0.25, 0.3) is 11.0 Å². The van der Waals surface area contributed by atoms with E-state index in [1.807, 2.05) is 58.9 Å². The van der Waals surface area contributed by atoms with Gasteiger partial charge in [-0.2, -0.15) is 13.2 Å². The molecule has 6 nitrogen and oxygen atoms in total. The van der Waals surface area contributed by atoms with Crippen molar-refractivity contribution in [2.45, 2.75) is 70.5 Å². The Bertz CT molecular complexity index is 1220. The second kappa shape index (κ2) is 8.61. The van der Waals surface area contributed by atoms with Crippen molar-refractivity contribution in [1.29, 1.82) is 0 Å². The number of nitrogens with zero attached hydrogens (tertiary/aromatic N) is 4. The Morgan fingerprint density at radius 3 is 2.62 bits per heavy atom. The minimum atomic E-state index is -4.22. The molecule has 1 atom stereocenters. The van der Waals surface area contributed by atoms with Crippen LogP contribution in [0.15, 0.2) is 42.5 Å². The maximum Gasteiger partial charge on any atom is 0.389 e. The zero-order valence-corrected chi connectivity index (χ0v) is 19.1. The molecule has 2 aliphatic rings. The Morgan fingerprint density at radius 2 is 1.91 bits per heavy atom. The highest BCUT2D eigenvalue weighted by Crippen LogP contribution is 2.43. The van der Waals surface area contributed by atoms with E-state index in [1.165, 1.54) is 0 Å². The molecule has 2 heterocycles. The van der Waals surface area contributed by atoms with Gasteiger partial charge < -0.3 is 15.2 Å². The van der Waals surface area contributed by atoms with Gasteiger partial charge in [0.1, 0.15) is 5.82 Å². The molecule has 0 radical (unpaired) electrons. The number of hydrogen-bond acceptors (Lipinski definition) is 3.